The van der Waals surface area contributed by atoms with Crippen molar-refractivity contribution in [2.24, 2.45) is 10.9 Å². The van der Waals surface area contributed by atoms with E-state index in [1.807, 2.05) is 66.7 Å². The van der Waals surface area contributed by atoms with Crippen molar-refractivity contribution >= 4 is 17.8 Å². The lowest BCUT2D eigenvalue weighted by molar-refractivity contribution is -0.153. The number of aliphatic imine (C=N–C) groups is 1. The molecule has 2 aliphatic heterocycles. The van der Waals surface area contributed by atoms with Crippen LogP contribution in [0.3, 0.4) is 0 Å². The van der Waals surface area contributed by atoms with Gasteiger partial charge in [-0.05, 0) is 47.7 Å². The van der Waals surface area contributed by atoms with E-state index in [1.165, 1.54) is 11.1 Å². The van der Waals surface area contributed by atoms with E-state index in [0.29, 0.717) is 24.9 Å². The first-order valence-corrected chi connectivity index (χ1v) is 12.3. The number of nitrogens with zero attached hydrogens (tertiary/aromatic N) is 2. The Morgan fingerprint density at radius 2 is 1.72 bits per heavy atom. The molecule has 0 saturated carbocycles. The van der Waals surface area contributed by atoms with Crippen LogP contribution in [0.25, 0.3) is 0 Å². The molecule has 0 radical (unpaired) electrons. The summed E-state index contributed by atoms with van der Waals surface area (Å²) in [7, 11) is 0. The summed E-state index contributed by atoms with van der Waals surface area (Å²) < 4.78 is 11.1. The van der Waals surface area contributed by atoms with E-state index in [-0.39, 0.29) is 6.61 Å². The third-order valence-electron chi connectivity index (χ3n) is 6.54. The average Bonchev–Trinajstić information content (AvgIpc) is 2.92. The summed E-state index contributed by atoms with van der Waals surface area (Å²) in [5.41, 5.74) is 4.35. The molecule has 2 aliphatic rings. The second-order valence-electron chi connectivity index (χ2n) is 8.90. The van der Waals surface area contributed by atoms with Gasteiger partial charge in [-0.2, -0.15) is 0 Å². The van der Waals surface area contributed by atoms with Gasteiger partial charge in [0, 0.05) is 13.1 Å². The molecular weight excluding hydrogens is 454 g/mol. The van der Waals surface area contributed by atoms with Gasteiger partial charge in [0.1, 0.15) is 18.4 Å². The first kappa shape index (κ1) is 23.6. The summed E-state index contributed by atoms with van der Waals surface area (Å²) in [6, 6.07) is 25.0. The number of ether oxygens (including phenoxy) is 2. The van der Waals surface area contributed by atoms with Gasteiger partial charge in [0.2, 0.25) is 11.9 Å². The molecule has 2 heterocycles. The molecule has 0 fully saturated rings. The quantitative estimate of drug-likeness (QED) is 0.423. The molecule has 7 nitrogen and oxygen atoms in total. The Morgan fingerprint density at radius 3 is 2.47 bits per heavy atom. The van der Waals surface area contributed by atoms with Crippen molar-refractivity contribution in [3.8, 4) is 5.75 Å². The largest absolute Gasteiger partial charge is 0.489 e. The van der Waals surface area contributed by atoms with Gasteiger partial charge in [-0.3, -0.25) is 14.9 Å². The van der Waals surface area contributed by atoms with Crippen LogP contribution in [0, 0.1) is 5.92 Å². The molecule has 2 unspecified atom stereocenters. The smallest absolute Gasteiger partial charge is 0.321 e. The van der Waals surface area contributed by atoms with Gasteiger partial charge in [0.25, 0.3) is 0 Å². The van der Waals surface area contributed by atoms with Crippen LogP contribution in [-0.4, -0.2) is 35.9 Å². The van der Waals surface area contributed by atoms with Crippen LogP contribution in [0.4, 0.5) is 0 Å². The molecule has 0 aliphatic carbocycles. The van der Waals surface area contributed by atoms with Gasteiger partial charge in [-0.25, -0.2) is 4.99 Å². The molecular formula is C29H29N3O4. The molecule has 3 aromatic carbocycles. The van der Waals surface area contributed by atoms with Crippen LogP contribution in [0.15, 0.2) is 83.9 Å². The molecule has 0 spiro atoms. The van der Waals surface area contributed by atoms with Gasteiger partial charge >= 0.3 is 5.97 Å². The second-order valence-corrected chi connectivity index (χ2v) is 8.90. The second kappa shape index (κ2) is 10.6. The summed E-state index contributed by atoms with van der Waals surface area (Å²) in [5.74, 6) is -0.832. The first-order chi connectivity index (χ1) is 17.6. The molecule has 36 heavy (non-hydrogen) atoms. The predicted molar refractivity (Wildman–Crippen MR) is 136 cm³/mol. The van der Waals surface area contributed by atoms with E-state index in [9.17, 15) is 9.59 Å². The highest BCUT2D eigenvalue weighted by Crippen LogP contribution is 2.33. The molecule has 184 valence electrons. The minimum atomic E-state index is -1.05. The van der Waals surface area contributed by atoms with Crippen LogP contribution in [0.5, 0.6) is 5.75 Å². The fourth-order valence-electron chi connectivity index (χ4n) is 4.64. The van der Waals surface area contributed by atoms with Gasteiger partial charge in [0.05, 0.1) is 6.61 Å². The SMILES string of the molecule is CCOC(=O)C1C(=O)NC(N2CCc3ccccc3C2)=NC1c1ccc(OCc2ccccc2)cc1. The normalized spacial score (nSPS) is 19.1. The molecule has 2 atom stereocenters. The van der Waals surface area contributed by atoms with Crippen molar-refractivity contribution < 1.29 is 19.1 Å². The highest BCUT2D eigenvalue weighted by atomic mass is 16.5. The van der Waals surface area contributed by atoms with Crippen LogP contribution >= 0.6 is 0 Å². The molecule has 0 saturated heterocycles. The summed E-state index contributed by atoms with van der Waals surface area (Å²) in [5, 5.41) is 2.87. The van der Waals surface area contributed by atoms with Gasteiger partial charge in [-0.15, -0.1) is 0 Å². The Balaban J connectivity index is 1.39. The van der Waals surface area contributed by atoms with Crippen LogP contribution in [-0.2, 0) is 33.9 Å². The fourth-order valence-corrected chi connectivity index (χ4v) is 4.64. The number of nitrogens with one attached hydrogen (secondary N) is 1. The first-order valence-electron chi connectivity index (χ1n) is 12.3. The number of benzene rings is 3. The van der Waals surface area contributed by atoms with E-state index in [4.69, 9.17) is 14.5 Å². The van der Waals surface area contributed by atoms with Crippen molar-refractivity contribution in [2.75, 3.05) is 13.2 Å². The summed E-state index contributed by atoms with van der Waals surface area (Å²) in [6.07, 6.45) is 0.866. The number of guanidine groups is 1. The zero-order valence-corrected chi connectivity index (χ0v) is 20.2. The number of fused-ring (bicyclic) bond motifs is 1. The number of esters is 1. The fraction of sp³-hybridized carbons (Fsp3) is 0.276. The number of carbonyl (C=O) groups excluding carboxylic acids is 2. The van der Waals surface area contributed by atoms with E-state index in [0.717, 1.165) is 24.1 Å². The van der Waals surface area contributed by atoms with Crippen molar-refractivity contribution in [3.63, 3.8) is 0 Å². The molecule has 1 amide bonds. The highest BCUT2D eigenvalue weighted by Gasteiger charge is 2.42. The Hall–Kier alpha value is -4.13. The van der Waals surface area contributed by atoms with Gasteiger partial charge in [-0.1, -0.05) is 66.7 Å². The van der Waals surface area contributed by atoms with Crippen LogP contribution in [0.1, 0.15) is 35.2 Å². The maximum absolute atomic E-state index is 13.2. The topological polar surface area (TPSA) is 80.2 Å². The third-order valence-corrected chi connectivity index (χ3v) is 6.54. The number of hydrogen-bond donors (Lipinski definition) is 1. The molecule has 3 aromatic rings. The molecule has 1 N–H and O–H groups in total. The maximum atomic E-state index is 13.2. The lowest BCUT2D eigenvalue weighted by atomic mass is 9.91. The Bertz CT molecular complexity index is 1260. The lowest BCUT2D eigenvalue weighted by Crippen LogP contribution is -2.53. The standard InChI is InChI=1S/C29H29N3O4/c1-2-35-28(34)25-26(22-12-14-24(15-13-22)36-19-20-8-4-3-5-9-20)30-29(31-27(25)33)32-17-16-21-10-6-7-11-23(21)18-32/h3-15,25-26H,2,16-19H2,1H3,(H,30,31,33). The summed E-state index contributed by atoms with van der Waals surface area (Å²) >= 11 is 0. The number of hydrogen-bond acceptors (Lipinski definition) is 6. The number of carbonyl (C=O) groups is 2. The van der Waals surface area contributed by atoms with E-state index < -0.39 is 23.8 Å². The number of amides is 1. The third kappa shape index (κ3) is 5.10. The van der Waals surface area contributed by atoms with E-state index >= 15 is 0 Å². The van der Waals surface area contributed by atoms with E-state index in [1.54, 1.807) is 6.92 Å². The van der Waals surface area contributed by atoms with Crippen molar-refractivity contribution in [1.29, 1.82) is 0 Å². The summed E-state index contributed by atoms with van der Waals surface area (Å²) in [4.78, 5) is 32.9. The highest BCUT2D eigenvalue weighted by molar-refractivity contribution is 6.08. The van der Waals surface area contributed by atoms with E-state index in [2.05, 4.69) is 22.3 Å². The predicted octanol–water partition coefficient (Wildman–Crippen LogP) is 4.03. The molecule has 0 bridgehead atoms. The van der Waals surface area contributed by atoms with Crippen molar-refractivity contribution in [1.82, 2.24) is 10.2 Å². The van der Waals surface area contributed by atoms with Gasteiger partial charge < -0.3 is 14.4 Å². The lowest BCUT2D eigenvalue weighted by Gasteiger charge is -2.36. The van der Waals surface area contributed by atoms with Crippen molar-refractivity contribution in [3.05, 3.63) is 101 Å². The maximum Gasteiger partial charge on any atom is 0.321 e. The zero-order chi connectivity index (χ0) is 24.9. The Labute approximate surface area is 210 Å². The molecule has 0 aromatic heterocycles. The Morgan fingerprint density at radius 1 is 1.00 bits per heavy atom. The van der Waals surface area contributed by atoms with Gasteiger partial charge in [0.15, 0.2) is 5.92 Å². The molecule has 5 rings (SSSR count). The summed E-state index contributed by atoms with van der Waals surface area (Å²) in [6.45, 7) is 3.77. The zero-order valence-electron chi connectivity index (χ0n) is 20.2. The monoisotopic (exact) mass is 483 g/mol. The number of rotatable bonds is 6. The minimum absolute atomic E-state index is 0.196. The average molecular weight is 484 g/mol. The van der Waals surface area contributed by atoms with Crippen LogP contribution in [0.2, 0.25) is 0 Å². The molecule has 7 heteroatoms. The minimum Gasteiger partial charge on any atom is -0.489 e. The Kier molecular flexibility index (Phi) is 6.98. The van der Waals surface area contributed by atoms with Crippen molar-refractivity contribution in [2.45, 2.75) is 32.5 Å². The van der Waals surface area contributed by atoms with Crippen LogP contribution < -0.4 is 10.1 Å².